The maximum Gasteiger partial charge on any atom is 0.401 e. The molecular formula is C14H15F3N2O. The number of pyridine rings is 1. The molecule has 0 saturated carbocycles. The summed E-state index contributed by atoms with van der Waals surface area (Å²) in [6, 6.07) is 9.22. The van der Waals surface area contributed by atoms with Gasteiger partial charge in [0, 0.05) is 18.1 Å². The monoisotopic (exact) mass is 284 g/mol. The first kappa shape index (κ1) is 14.6. The zero-order valence-corrected chi connectivity index (χ0v) is 10.9. The lowest BCUT2D eigenvalue weighted by Crippen LogP contribution is -2.35. The molecule has 0 fully saturated rings. The highest BCUT2D eigenvalue weighted by atomic mass is 19.4. The zero-order chi connectivity index (χ0) is 14.6. The largest absolute Gasteiger partial charge is 0.487 e. The Balaban J connectivity index is 1.98. The molecule has 0 radical (unpaired) electrons. The highest BCUT2D eigenvalue weighted by molar-refractivity contribution is 5.84. The molecule has 2 aromatic rings. The van der Waals surface area contributed by atoms with Gasteiger partial charge < -0.3 is 10.1 Å². The van der Waals surface area contributed by atoms with Crippen LogP contribution in [0, 0.1) is 0 Å². The number of aromatic nitrogens is 1. The van der Waals surface area contributed by atoms with Crippen molar-refractivity contribution in [2.45, 2.75) is 19.2 Å². The second-order valence-electron chi connectivity index (χ2n) is 4.51. The van der Waals surface area contributed by atoms with Crippen LogP contribution in [0.4, 0.5) is 13.2 Å². The molecule has 0 aliphatic heterocycles. The van der Waals surface area contributed by atoms with Gasteiger partial charge in [-0.2, -0.15) is 13.2 Å². The molecule has 6 heteroatoms. The lowest BCUT2D eigenvalue weighted by molar-refractivity contribution is -0.125. The molecule has 0 aliphatic rings. The Labute approximate surface area is 114 Å². The van der Waals surface area contributed by atoms with Gasteiger partial charge in [-0.25, -0.2) is 0 Å². The first-order chi connectivity index (χ1) is 9.46. The van der Waals surface area contributed by atoms with Crippen LogP contribution in [0.5, 0.6) is 5.75 Å². The minimum atomic E-state index is -4.21. The van der Waals surface area contributed by atoms with E-state index in [1.807, 2.05) is 24.3 Å². The van der Waals surface area contributed by atoms with E-state index in [0.29, 0.717) is 11.3 Å². The number of benzene rings is 1. The van der Waals surface area contributed by atoms with E-state index in [9.17, 15) is 13.2 Å². The summed E-state index contributed by atoms with van der Waals surface area (Å²) >= 11 is 0. The van der Waals surface area contributed by atoms with Gasteiger partial charge in [-0.15, -0.1) is 0 Å². The van der Waals surface area contributed by atoms with Crippen molar-refractivity contribution in [1.82, 2.24) is 10.3 Å². The summed E-state index contributed by atoms with van der Waals surface area (Å²) in [4.78, 5) is 4.23. The van der Waals surface area contributed by atoms with Crippen molar-refractivity contribution >= 4 is 10.9 Å². The Kier molecular flexibility index (Phi) is 4.44. The molecule has 2 rings (SSSR count). The van der Waals surface area contributed by atoms with Crippen LogP contribution in [0.3, 0.4) is 0 Å². The Morgan fingerprint density at radius 3 is 2.75 bits per heavy atom. The molecule has 1 aromatic carbocycles. The molecule has 20 heavy (non-hydrogen) atoms. The third-order valence-corrected chi connectivity index (χ3v) is 2.68. The Morgan fingerprint density at radius 2 is 2.00 bits per heavy atom. The van der Waals surface area contributed by atoms with Crippen molar-refractivity contribution in [1.29, 1.82) is 0 Å². The average Bonchev–Trinajstić information content (AvgIpc) is 2.37. The summed E-state index contributed by atoms with van der Waals surface area (Å²) in [5.74, 6) is 0.574. The summed E-state index contributed by atoms with van der Waals surface area (Å²) in [6.45, 7) is 0.808. The van der Waals surface area contributed by atoms with Crippen molar-refractivity contribution in [2.75, 3.05) is 13.1 Å². The summed E-state index contributed by atoms with van der Waals surface area (Å²) < 4.78 is 41.7. The van der Waals surface area contributed by atoms with Gasteiger partial charge in [0.25, 0.3) is 0 Å². The van der Waals surface area contributed by atoms with Crippen molar-refractivity contribution in [2.24, 2.45) is 0 Å². The minimum Gasteiger partial charge on any atom is -0.487 e. The number of hydrogen-bond acceptors (Lipinski definition) is 3. The minimum absolute atomic E-state index is 0.114. The molecule has 0 spiro atoms. The molecule has 1 N–H and O–H groups in total. The number of halogens is 3. The molecule has 108 valence electrons. The van der Waals surface area contributed by atoms with Crippen LogP contribution in [0.2, 0.25) is 0 Å². The van der Waals surface area contributed by atoms with Gasteiger partial charge in [0.1, 0.15) is 17.4 Å². The van der Waals surface area contributed by atoms with Gasteiger partial charge in [-0.1, -0.05) is 18.2 Å². The van der Waals surface area contributed by atoms with Crippen molar-refractivity contribution < 1.29 is 17.9 Å². The number of hydrogen-bond donors (Lipinski definition) is 1. The van der Waals surface area contributed by atoms with Crippen molar-refractivity contribution in [3.63, 3.8) is 0 Å². The number of fused-ring (bicyclic) bond motifs is 1. The quantitative estimate of drug-likeness (QED) is 0.915. The average molecular weight is 284 g/mol. The Morgan fingerprint density at radius 1 is 1.25 bits per heavy atom. The maximum absolute atomic E-state index is 12.0. The smallest absolute Gasteiger partial charge is 0.401 e. The molecule has 1 atom stereocenters. The second-order valence-corrected chi connectivity index (χ2v) is 4.51. The van der Waals surface area contributed by atoms with E-state index in [2.05, 4.69) is 10.3 Å². The maximum atomic E-state index is 12.0. The number of nitrogens with one attached hydrogen (secondary N) is 1. The third-order valence-electron chi connectivity index (χ3n) is 2.68. The molecule has 0 amide bonds. The standard InChI is InChI=1S/C14H15F3N2O/c1-10(8-18-9-14(15,16)17)20-12-6-2-4-11-5-3-7-19-13(11)12/h2-7,10,18H,8-9H2,1H3. The fraction of sp³-hybridized carbons (Fsp3) is 0.357. The van der Waals surface area contributed by atoms with E-state index < -0.39 is 12.7 Å². The van der Waals surface area contributed by atoms with Crippen LogP contribution in [-0.4, -0.2) is 30.4 Å². The molecule has 0 bridgehead atoms. The SMILES string of the molecule is CC(CNCC(F)(F)F)Oc1cccc2cccnc12. The lowest BCUT2D eigenvalue weighted by atomic mass is 10.2. The van der Waals surface area contributed by atoms with Gasteiger partial charge in [-0.05, 0) is 19.1 Å². The number of nitrogens with zero attached hydrogens (tertiary/aromatic N) is 1. The topological polar surface area (TPSA) is 34.1 Å². The molecule has 0 aliphatic carbocycles. The van der Waals surface area contributed by atoms with Crippen LogP contribution in [-0.2, 0) is 0 Å². The highest BCUT2D eigenvalue weighted by Gasteiger charge is 2.26. The highest BCUT2D eigenvalue weighted by Crippen LogP contribution is 2.23. The van der Waals surface area contributed by atoms with Gasteiger partial charge in [0.15, 0.2) is 0 Å². The molecule has 1 heterocycles. The molecule has 3 nitrogen and oxygen atoms in total. The fourth-order valence-electron chi connectivity index (χ4n) is 1.85. The van der Waals surface area contributed by atoms with E-state index in [4.69, 9.17) is 4.74 Å². The normalized spacial score (nSPS) is 13.4. The molecular weight excluding hydrogens is 269 g/mol. The van der Waals surface area contributed by atoms with Crippen LogP contribution < -0.4 is 10.1 Å². The third kappa shape index (κ3) is 4.09. The van der Waals surface area contributed by atoms with Crippen molar-refractivity contribution in [3.05, 3.63) is 36.5 Å². The molecule has 1 unspecified atom stereocenters. The summed E-state index contributed by atoms with van der Waals surface area (Å²) in [5, 5.41) is 3.25. The molecule has 0 saturated heterocycles. The Hall–Kier alpha value is -1.82. The van der Waals surface area contributed by atoms with Gasteiger partial charge in [-0.3, -0.25) is 4.98 Å². The van der Waals surface area contributed by atoms with Gasteiger partial charge in [0.05, 0.1) is 6.54 Å². The fourth-order valence-corrected chi connectivity index (χ4v) is 1.85. The summed E-state index contributed by atoms with van der Waals surface area (Å²) in [5.41, 5.74) is 0.706. The van der Waals surface area contributed by atoms with E-state index in [1.165, 1.54) is 0 Å². The predicted molar refractivity (Wildman–Crippen MR) is 70.8 cm³/mol. The predicted octanol–water partition coefficient (Wildman–Crippen LogP) is 3.15. The van der Waals surface area contributed by atoms with E-state index in [-0.39, 0.29) is 12.6 Å². The van der Waals surface area contributed by atoms with Gasteiger partial charge >= 0.3 is 6.18 Å². The van der Waals surface area contributed by atoms with E-state index in [1.54, 1.807) is 19.2 Å². The molecule has 1 aromatic heterocycles. The van der Waals surface area contributed by atoms with E-state index >= 15 is 0 Å². The summed E-state index contributed by atoms with van der Waals surface area (Å²) in [6.07, 6.45) is -2.94. The summed E-state index contributed by atoms with van der Waals surface area (Å²) in [7, 11) is 0. The number of alkyl halides is 3. The Bertz CT molecular complexity index is 566. The number of rotatable bonds is 5. The van der Waals surface area contributed by atoms with Crippen LogP contribution in [0.25, 0.3) is 10.9 Å². The number of ether oxygens (including phenoxy) is 1. The first-order valence-electron chi connectivity index (χ1n) is 6.23. The van der Waals surface area contributed by atoms with Crippen LogP contribution in [0.15, 0.2) is 36.5 Å². The van der Waals surface area contributed by atoms with Gasteiger partial charge in [0.2, 0.25) is 0 Å². The zero-order valence-electron chi connectivity index (χ0n) is 10.9. The van der Waals surface area contributed by atoms with E-state index in [0.717, 1.165) is 5.39 Å². The second kappa shape index (κ2) is 6.09. The van der Waals surface area contributed by atoms with Crippen LogP contribution >= 0.6 is 0 Å². The van der Waals surface area contributed by atoms with Crippen molar-refractivity contribution in [3.8, 4) is 5.75 Å². The first-order valence-corrected chi connectivity index (χ1v) is 6.23. The lowest BCUT2D eigenvalue weighted by Gasteiger charge is -2.17. The number of para-hydroxylation sites is 1. The van der Waals surface area contributed by atoms with Crippen LogP contribution in [0.1, 0.15) is 6.92 Å².